The normalized spacial score (nSPS) is 11.8. The van der Waals surface area contributed by atoms with E-state index in [1.54, 1.807) is 55.5 Å². The Labute approximate surface area is 167 Å². The van der Waals surface area contributed by atoms with Gasteiger partial charge in [-0.25, -0.2) is 9.48 Å². The highest BCUT2D eigenvalue weighted by Crippen LogP contribution is 2.17. The summed E-state index contributed by atoms with van der Waals surface area (Å²) in [5.74, 6) is -0.434. The van der Waals surface area contributed by atoms with E-state index in [9.17, 15) is 14.4 Å². The van der Waals surface area contributed by atoms with Crippen LogP contribution in [-0.2, 0) is 11.3 Å². The fraction of sp³-hybridized carbons (Fsp3) is 0.273. The van der Waals surface area contributed by atoms with E-state index in [0.717, 1.165) is 0 Å². The molecular weight excluding hydrogens is 372 g/mol. The third-order valence-electron chi connectivity index (χ3n) is 4.46. The maximum atomic E-state index is 12.8. The molecule has 7 heteroatoms. The second-order valence-corrected chi connectivity index (χ2v) is 6.38. The van der Waals surface area contributed by atoms with E-state index in [1.807, 2.05) is 6.92 Å². The summed E-state index contributed by atoms with van der Waals surface area (Å²) < 4.78 is 11.9. The number of hydrogen-bond donors (Lipinski definition) is 0. The summed E-state index contributed by atoms with van der Waals surface area (Å²) in [7, 11) is 0. The van der Waals surface area contributed by atoms with Crippen LogP contribution in [0.2, 0.25) is 0 Å². The zero-order valence-electron chi connectivity index (χ0n) is 16.5. The van der Waals surface area contributed by atoms with E-state index in [4.69, 9.17) is 9.47 Å². The lowest BCUT2D eigenvalue weighted by Gasteiger charge is -2.14. The number of carbonyl (C=O) groups excluding carboxylic acids is 2. The average molecular weight is 394 g/mol. The molecule has 1 atom stereocenters. The van der Waals surface area contributed by atoms with E-state index in [0.29, 0.717) is 35.2 Å². The van der Waals surface area contributed by atoms with Crippen LogP contribution in [-0.4, -0.2) is 34.2 Å². The summed E-state index contributed by atoms with van der Waals surface area (Å²) in [5.41, 5.74) is 0.136. The molecule has 150 valence electrons. The second kappa shape index (κ2) is 8.68. The molecule has 2 aromatic carbocycles. The number of benzene rings is 2. The standard InChI is InChI=1S/C22H22N2O5/c1-4-24-21(26)18-9-7-6-8-17(18)19(23-24)22(27)29-14(3)20(25)15-10-12-16(13-11-15)28-5-2/h6-14H,4-5H2,1-3H3/t14-/m0/s1. The number of hydrogen-bond acceptors (Lipinski definition) is 6. The quantitative estimate of drug-likeness (QED) is 0.452. The van der Waals surface area contributed by atoms with Gasteiger partial charge >= 0.3 is 5.97 Å². The lowest BCUT2D eigenvalue weighted by Crippen LogP contribution is -2.29. The third kappa shape index (κ3) is 4.18. The van der Waals surface area contributed by atoms with Gasteiger partial charge in [-0.15, -0.1) is 0 Å². The minimum Gasteiger partial charge on any atom is -0.494 e. The minimum atomic E-state index is -1.01. The van der Waals surface area contributed by atoms with Crippen LogP contribution in [0, 0.1) is 0 Å². The van der Waals surface area contributed by atoms with Crippen molar-refractivity contribution in [2.75, 3.05) is 6.61 Å². The van der Waals surface area contributed by atoms with Crippen molar-refractivity contribution >= 4 is 22.5 Å². The predicted molar refractivity (Wildman–Crippen MR) is 108 cm³/mol. The Morgan fingerprint density at radius 2 is 1.69 bits per heavy atom. The average Bonchev–Trinajstić information content (AvgIpc) is 2.74. The highest BCUT2D eigenvalue weighted by molar-refractivity contribution is 6.05. The number of Topliss-reactive ketones (excluding diaryl/α,β-unsaturated/α-hetero) is 1. The van der Waals surface area contributed by atoms with Crippen molar-refractivity contribution < 1.29 is 19.1 Å². The van der Waals surface area contributed by atoms with Crippen LogP contribution in [0.1, 0.15) is 41.6 Å². The van der Waals surface area contributed by atoms with Gasteiger partial charge in [-0.2, -0.15) is 5.10 Å². The van der Waals surface area contributed by atoms with Crippen LogP contribution in [0.25, 0.3) is 10.8 Å². The van der Waals surface area contributed by atoms with Gasteiger partial charge < -0.3 is 9.47 Å². The molecule has 1 aromatic heterocycles. The number of fused-ring (bicyclic) bond motifs is 1. The van der Waals surface area contributed by atoms with E-state index >= 15 is 0 Å². The van der Waals surface area contributed by atoms with Crippen molar-refractivity contribution in [3.05, 3.63) is 70.1 Å². The van der Waals surface area contributed by atoms with Crippen LogP contribution in [0.5, 0.6) is 5.75 Å². The second-order valence-electron chi connectivity index (χ2n) is 6.38. The topological polar surface area (TPSA) is 87.5 Å². The number of esters is 1. The van der Waals surface area contributed by atoms with Crippen LogP contribution in [0.4, 0.5) is 0 Å². The zero-order chi connectivity index (χ0) is 21.0. The number of carbonyl (C=O) groups is 2. The maximum absolute atomic E-state index is 12.8. The third-order valence-corrected chi connectivity index (χ3v) is 4.46. The molecule has 0 saturated carbocycles. The molecule has 7 nitrogen and oxygen atoms in total. The molecule has 0 fully saturated rings. The number of rotatable bonds is 7. The lowest BCUT2D eigenvalue weighted by atomic mass is 10.1. The monoisotopic (exact) mass is 394 g/mol. The number of aryl methyl sites for hydroxylation is 1. The molecule has 0 spiro atoms. The molecule has 0 aliphatic heterocycles. The molecule has 3 rings (SSSR count). The molecule has 0 aliphatic rings. The van der Waals surface area contributed by atoms with Crippen molar-refractivity contribution in [2.45, 2.75) is 33.4 Å². The first kappa shape index (κ1) is 20.3. The van der Waals surface area contributed by atoms with Crippen molar-refractivity contribution in [1.82, 2.24) is 9.78 Å². The van der Waals surface area contributed by atoms with Gasteiger partial charge in [0.15, 0.2) is 11.8 Å². The van der Waals surface area contributed by atoms with Gasteiger partial charge in [0, 0.05) is 17.5 Å². The molecule has 0 aliphatic carbocycles. The number of ether oxygens (including phenoxy) is 2. The first-order chi connectivity index (χ1) is 14.0. The summed E-state index contributed by atoms with van der Waals surface area (Å²) in [6, 6.07) is 13.3. The summed E-state index contributed by atoms with van der Waals surface area (Å²) in [6.07, 6.45) is -1.01. The molecule has 0 saturated heterocycles. The molecule has 3 aromatic rings. The Morgan fingerprint density at radius 1 is 1.03 bits per heavy atom. The lowest BCUT2D eigenvalue weighted by molar-refractivity contribution is 0.0313. The smallest absolute Gasteiger partial charge is 0.360 e. The van der Waals surface area contributed by atoms with Crippen molar-refractivity contribution in [3.63, 3.8) is 0 Å². The molecule has 0 N–H and O–H groups in total. The van der Waals surface area contributed by atoms with E-state index in [1.165, 1.54) is 11.6 Å². The van der Waals surface area contributed by atoms with Gasteiger partial charge in [-0.3, -0.25) is 9.59 Å². The summed E-state index contributed by atoms with van der Waals surface area (Å²) in [6.45, 7) is 5.98. The Hall–Kier alpha value is -3.48. The fourth-order valence-corrected chi connectivity index (χ4v) is 2.99. The van der Waals surface area contributed by atoms with Gasteiger partial charge in [0.1, 0.15) is 5.75 Å². The predicted octanol–water partition coefficient (Wildman–Crippen LogP) is 3.24. The SMILES string of the molecule is CCOc1ccc(C(=O)[C@H](C)OC(=O)c2nn(CC)c(=O)c3ccccc23)cc1. The highest BCUT2D eigenvalue weighted by atomic mass is 16.5. The van der Waals surface area contributed by atoms with Gasteiger partial charge in [0.2, 0.25) is 5.78 Å². The maximum Gasteiger partial charge on any atom is 0.360 e. The fourth-order valence-electron chi connectivity index (χ4n) is 2.99. The van der Waals surface area contributed by atoms with Gasteiger partial charge in [-0.1, -0.05) is 18.2 Å². The van der Waals surface area contributed by atoms with Gasteiger partial charge in [-0.05, 0) is 51.1 Å². The Balaban J connectivity index is 1.85. The first-order valence-electron chi connectivity index (χ1n) is 9.44. The largest absolute Gasteiger partial charge is 0.494 e. The van der Waals surface area contributed by atoms with E-state index in [-0.39, 0.29) is 17.0 Å². The van der Waals surface area contributed by atoms with Crippen molar-refractivity contribution in [1.29, 1.82) is 0 Å². The summed E-state index contributed by atoms with van der Waals surface area (Å²) in [4.78, 5) is 37.8. The molecule has 0 unspecified atom stereocenters. The van der Waals surface area contributed by atoms with Crippen LogP contribution in [0.3, 0.4) is 0 Å². The zero-order valence-corrected chi connectivity index (χ0v) is 16.5. The number of ketones is 1. The van der Waals surface area contributed by atoms with E-state index in [2.05, 4.69) is 5.10 Å². The minimum absolute atomic E-state index is 0.00777. The Kier molecular flexibility index (Phi) is 6.07. The number of nitrogens with zero attached hydrogens (tertiary/aromatic N) is 2. The van der Waals surface area contributed by atoms with Crippen LogP contribution < -0.4 is 10.3 Å². The Bertz CT molecular complexity index is 1100. The van der Waals surface area contributed by atoms with Crippen molar-refractivity contribution in [2.24, 2.45) is 0 Å². The van der Waals surface area contributed by atoms with Gasteiger partial charge in [0.05, 0.1) is 12.0 Å². The molecule has 0 radical (unpaired) electrons. The first-order valence-corrected chi connectivity index (χ1v) is 9.44. The van der Waals surface area contributed by atoms with E-state index < -0.39 is 12.1 Å². The highest BCUT2D eigenvalue weighted by Gasteiger charge is 2.24. The summed E-state index contributed by atoms with van der Waals surface area (Å²) in [5, 5.41) is 4.91. The molecular formula is C22H22N2O5. The summed E-state index contributed by atoms with van der Waals surface area (Å²) >= 11 is 0. The van der Waals surface area contributed by atoms with Crippen LogP contribution in [0.15, 0.2) is 53.3 Å². The Morgan fingerprint density at radius 3 is 2.31 bits per heavy atom. The van der Waals surface area contributed by atoms with Crippen LogP contribution >= 0.6 is 0 Å². The molecule has 1 heterocycles. The molecule has 0 amide bonds. The number of aromatic nitrogens is 2. The van der Waals surface area contributed by atoms with Crippen molar-refractivity contribution in [3.8, 4) is 5.75 Å². The molecule has 29 heavy (non-hydrogen) atoms. The molecule has 0 bridgehead atoms. The van der Waals surface area contributed by atoms with Gasteiger partial charge in [0.25, 0.3) is 5.56 Å².